The van der Waals surface area contributed by atoms with Gasteiger partial charge in [0.2, 0.25) is 0 Å². The van der Waals surface area contributed by atoms with Gasteiger partial charge in [-0.3, -0.25) is 9.59 Å². The van der Waals surface area contributed by atoms with Crippen LogP contribution in [0.1, 0.15) is 80.7 Å². The minimum absolute atomic E-state index is 0.00168. The quantitative estimate of drug-likeness (QED) is 0.326. The Hall–Kier alpha value is -2.86. The Morgan fingerprint density at radius 3 is 2.33 bits per heavy atom. The molecule has 0 saturated heterocycles. The Morgan fingerprint density at radius 1 is 1.00 bits per heavy atom. The van der Waals surface area contributed by atoms with Gasteiger partial charge in [-0.25, -0.2) is 4.79 Å². The third kappa shape index (κ3) is 3.70. The van der Waals surface area contributed by atoms with Gasteiger partial charge in [0, 0.05) is 29.2 Å². The van der Waals surface area contributed by atoms with Crippen molar-refractivity contribution in [2.45, 2.75) is 50.0 Å². The van der Waals surface area contributed by atoms with Crippen LogP contribution in [0.3, 0.4) is 0 Å². The smallest absolute Gasteiger partial charge is 0.340 e. The van der Waals surface area contributed by atoms with E-state index in [0.717, 1.165) is 38.5 Å². The molecule has 4 atom stereocenters. The monoisotopic (exact) mass is 466 g/mol. The molecule has 2 aromatic rings. The molecule has 0 amide bonds. The third-order valence-electron chi connectivity index (χ3n) is 7.50. The maximum Gasteiger partial charge on any atom is 0.340 e. The van der Waals surface area contributed by atoms with Crippen LogP contribution in [0, 0.1) is 11.8 Å². The molecule has 6 nitrogen and oxygen atoms in total. The van der Waals surface area contributed by atoms with Crippen LogP contribution in [-0.4, -0.2) is 36.1 Å². The molecule has 0 radical (unpaired) electrons. The highest BCUT2D eigenvalue weighted by Crippen LogP contribution is 2.43. The average Bonchev–Trinajstić information content (AvgIpc) is 2.82. The van der Waals surface area contributed by atoms with Crippen molar-refractivity contribution in [2.75, 3.05) is 18.1 Å². The Labute approximate surface area is 197 Å². The Bertz CT molecular complexity index is 1160. The highest BCUT2D eigenvalue weighted by atomic mass is 35.5. The number of hydrogen-bond acceptors (Lipinski definition) is 6. The molecule has 7 heteroatoms. The molecule has 2 saturated carbocycles. The van der Waals surface area contributed by atoms with Crippen LogP contribution < -0.4 is 11.1 Å². The summed E-state index contributed by atoms with van der Waals surface area (Å²) in [5.74, 6) is -0.0763. The largest absolute Gasteiger partial charge is 0.459 e. The summed E-state index contributed by atoms with van der Waals surface area (Å²) in [5.41, 5.74) is 7.76. The van der Waals surface area contributed by atoms with Gasteiger partial charge < -0.3 is 15.8 Å². The van der Waals surface area contributed by atoms with Gasteiger partial charge in [0.05, 0.1) is 22.4 Å². The average molecular weight is 467 g/mol. The van der Waals surface area contributed by atoms with E-state index in [1.54, 1.807) is 31.3 Å². The standard InChI is InChI=1S/C26H27ClN2O4/c1-29-20-12-19(26(32)33-16-9-7-13-10-15(27)8-6-14(13)11-16)23(28)22-21(20)24(30)17-4-2-3-5-18(17)25(22)31/h2-5,12-16,29H,6-11,28H2,1H3/t13-,14?,15?,16-/m1/s1. The molecule has 3 aliphatic carbocycles. The minimum atomic E-state index is -0.555. The zero-order chi connectivity index (χ0) is 23.3. The van der Waals surface area contributed by atoms with Crippen molar-refractivity contribution in [1.29, 1.82) is 0 Å². The Kier molecular flexibility index (Phi) is 5.65. The molecule has 3 N–H and O–H groups in total. The highest BCUT2D eigenvalue weighted by molar-refractivity contribution is 6.32. The van der Waals surface area contributed by atoms with Crippen molar-refractivity contribution in [3.63, 3.8) is 0 Å². The first kappa shape index (κ1) is 22.0. The number of carbonyl (C=O) groups is 3. The second kappa shape index (κ2) is 8.49. The van der Waals surface area contributed by atoms with Gasteiger partial charge in [-0.05, 0) is 56.4 Å². The number of nitrogens with two attached hydrogens (primary N) is 1. The maximum absolute atomic E-state index is 13.3. The fourth-order valence-electron chi connectivity index (χ4n) is 5.80. The molecule has 2 fully saturated rings. The van der Waals surface area contributed by atoms with Gasteiger partial charge in [-0.2, -0.15) is 0 Å². The summed E-state index contributed by atoms with van der Waals surface area (Å²) in [6.07, 6.45) is 5.54. The zero-order valence-corrected chi connectivity index (χ0v) is 19.3. The summed E-state index contributed by atoms with van der Waals surface area (Å²) >= 11 is 6.34. The number of carbonyl (C=O) groups excluding carboxylic acids is 3. The molecule has 2 unspecified atom stereocenters. The van der Waals surface area contributed by atoms with Crippen molar-refractivity contribution in [2.24, 2.45) is 11.8 Å². The number of halogens is 1. The van der Waals surface area contributed by atoms with E-state index in [1.807, 2.05) is 0 Å². The number of anilines is 2. The number of nitrogen functional groups attached to an aromatic ring is 1. The predicted octanol–water partition coefficient (Wildman–Crippen LogP) is 4.82. The van der Waals surface area contributed by atoms with E-state index < -0.39 is 5.97 Å². The molecule has 0 bridgehead atoms. The first-order valence-corrected chi connectivity index (χ1v) is 12.0. The number of rotatable bonds is 3. The van der Waals surface area contributed by atoms with Crippen LogP contribution in [0.15, 0.2) is 30.3 Å². The van der Waals surface area contributed by atoms with Crippen LogP contribution in [0.5, 0.6) is 0 Å². The van der Waals surface area contributed by atoms with Gasteiger partial charge in [0.25, 0.3) is 0 Å². The molecule has 0 aliphatic heterocycles. The molecule has 0 aromatic heterocycles. The summed E-state index contributed by atoms with van der Waals surface area (Å²) in [6, 6.07) is 8.19. The van der Waals surface area contributed by atoms with Gasteiger partial charge in [-0.15, -0.1) is 11.6 Å². The highest BCUT2D eigenvalue weighted by Gasteiger charge is 2.38. The SMILES string of the molecule is CNc1cc(C(=O)O[C@@H]2CC[C@@H]3CC(Cl)CCC3C2)c(N)c2c1C(=O)c1ccccc1C2=O. The van der Waals surface area contributed by atoms with Crippen LogP contribution >= 0.6 is 11.6 Å². The van der Waals surface area contributed by atoms with E-state index in [9.17, 15) is 14.4 Å². The molecule has 33 heavy (non-hydrogen) atoms. The first-order chi connectivity index (χ1) is 15.9. The van der Waals surface area contributed by atoms with Gasteiger partial charge in [0.1, 0.15) is 6.10 Å². The van der Waals surface area contributed by atoms with Crippen LogP contribution in [0.25, 0.3) is 0 Å². The Balaban J connectivity index is 1.44. The van der Waals surface area contributed by atoms with E-state index in [2.05, 4.69) is 5.32 Å². The number of benzene rings is 2. The Morgan fingerprint density at radius 2 is 1.64 bits per heavy atom. The first-order valence-electron chi connectivity index (χ1n) is 11.6. The van der Waals surface area contributed by atoms with E-state index in [0.29, 0.717) is 28.7 Å². The molecule has 0 spiro atoms. The predicted molar refractivity (Wildman–Crippen MR) is 127 cm³/mol. The van der Waals surface area contributed by atoms with E-state index in [-0.39, 0.29) is 45.4 Å². The molecule has 0 heterocycles. The fourth-order valence-corrected chi connectivity index (χ4v) is 6.15. The number of hydrogen-bond donors (Lipinski definition) is 2. The van der Waals surface area contributed by atoms with Crippen molar-refractivity contribution in [3.8, 4) is 0 Å². The van der Waals surface area contributed by atoms with Gasteiger partial charge >= 0.3 is 5.97 Å². The van der Waals surface area contributed by atoms with Crippen molar-refractivity contribution >= 4 is 40.5 Å². The van der Waals surface area contributed by atoms with Crippen LogP contribution in [0.4, 0.5) is 11.4 Å². The van der Waals surface area contributed by atoms with Crippen molar-refractivity contribution in [3.05, 3.63) is 58.1 Å². The number of ketones is 2. The molecule has 5 rings (SSSR count). The second-order valence-electron chi connectivity index (χ2n) is 9.36. The van der Waals surface area contributed by atoms with Crippen LogP contribution in [0.2, 0.25) is 0 Å². The lowest BCUT2D eigenvalue weighted by Gasteiger charge is -2.40. The van der Waals surface area contributed by atoms with Gasteiger partial charge in [-0.1, -0.05) is 24.3 Å². The second-order valence-corrected chi connectivity index (χ2v) is 9.98. The molecule has 172 valence electrons. The number of esters is 1. The lowest BCUT2D eigenvalue weighted by atomic mass is 9.70. The number of alkyl halides is 1. The van der Waals surface area contributed by atoms with Gasteiger partial charge in [0.15, 0.2) is 11.6 Å². The molecule has 3 aliphatic rings. The lowest BCUT2D eigenvalue weighted by Crippen LogP contribution is -2.35. The van der Waals surface area contributed by atoms with Crippen LogP contribution in [-0.2, 0) is 4.74 Å². The molecular formula is C26H27ClN2O4. The molecule has 2 aromatic carbocycles. The summed E-state index contributed by atoms with van der Waals surface area (Å²) in [4.78, 5) is 39.6. The topological polar surface area (TPSA) is 98.5 Å². The number of ether oxygens (including phenoxy) is 1. The summed E-state index contributed by atoms with van der Waals surface area (Å²) in [6.45, 7) is 0. The maximum atomic E-state index is 13.3. The minimum Gasteiger partial charge on any atom is -0.459 e. The van der Waals surface area contributed by atoms with E-state index in [1.165, 1.54) is 6.07 Å². The summed E-state index contributed by atoms with van der Waals surface area (Å²) in [5, 5.41) is 3.21. The van der Waals surface area contributed by atoms with E-state index in [4.69, 9.17) is 22.1 Å². The molecular weight excluding hydrogens is 440 g/mol. The third-order valence-corrected chi connectivity index (χ3v) is 7.90. The van der Waals surface area contributed by atoms with Crippen molar-refractivity contribution < 1.29 is 19.1 Å². The summed E-state index contributed by atoms with van der Waals surface area (Å²) < 4.78 is 5.88. The normalized spacial score (nSPS) is 26.1. The lowest BCUT2D eigenvalue weighted by molar-refractivity contribution is -0.000550. The number of fused-ring (bicyclic) bond motifs is 3. The van der Waals surface area contributed by atoms with E-state index >= 15 is 0 Å². The number of nitrogens with one attached hydrogen (secondary N) is 1. The fraction of sp³-hybridized carbons (Fsp3) is 0.423. The summed E-state index contributed by atoms with van der Waals surface area (Å²) in [7, 11) is 1.65. The van der Waals surface area contributed by atoms with Crippen molar-refractivity contribution in [1.82, 2.24) is 0 Å². The zero-order valence-electron chi connectivity index (χ0n) is 18.5.